The Balaban J connectivity index is 0.00000338. The second kappa shape index (κ2) is 12.1. The van der Waals surface area contributed by atoms with Crippen LogP contribution in [0.15, 0.2) is 34.6 Å². The van der Waals surface area contributed by atoms with Crippen LogP contribution in [0.1, 0.15) is 36.0 Å². The summed E-state index contributed by atoms with van der Waals surface area (Å²) in [6.07, 6.45) is 0.893. The number of benzene rings is 1. The van der Waals surface area contributed by atoms with Crippen molar-refractivity contribution in [2.24, 2.45) is 4.99 Å². The highest BCUT2D eigenvalue weighted by atomic mass is 127. The molecule has 0 aliphatic carbocycles. The Bertz CT molecular complexity index is 670. The SMILES string of the molecule is CN=C(NCCOc1ccc(C)cc1)NCCc1csc(C(C)C)n1.I. The number of nitrogens with zero attached hydrogens (tertiary/aromatic N) is 2. The predicted molar refractivity (Wildman–Crippen MR) is 121 cm³/mol. The molecular weight excluding hydrogens is 459 g/mol. The standard InChI is InChI=1S/C19H28N4OS.HI/c1-14(2)18-23-16(13-25-18)9-10-21-19(20-4)22-11-12-24-17-7-5-15(3)6-8-17;/h5-8,13-14H,9-12H2,1-4H3,(H2,20,21,22);1H. The van der Waals surface area contributed by atoms with Gasteiger partial charge in [0.15, 0.2) is 5.96 Å². The van der Waals surface area contributed by atoms with Crippen LogP contribution in [0.2, 0.25) is 0 Å². The molecule has 0 amide bonds. The van der Waals surface area contributed by atoms with Gasteiger partial charge in [-0.05, 0) is 19.1 Å². The minimum absolute atomic E-state index is 0. The van der Waals surface area contributed by atoms with Crippen molar-refractivity contribution in [3.05, 3.63) is 45.9 Å². The zero-order valence-corrected chi connectivity index (χ0v) is 19.1. The first-order valence-electron chi connectivity index (χ1n) is 8.66. The van der Waals surface area contributed by atoms with Gasteiger partial charge in [0.25, 0.3) is 0 Å². The zero-order valence-electron chi connectivity index (χ0n) is 15.9. The Morgan fingerprint density at radius 1 is 1.19 bits per heavy atom. The van der Waals surface area contributed by atoms with Gasteiger partial charge in [-0.2, -0.15) is 0 Å². The molecule has 26 heavy (non-hydrogen) atoms. The van der Waals surface area contributed by atoms with E-state index in [9.17, 15) is 0 Å². The molecule has 2 rings (SSSR count). The highest BCUT2D eigenvalue weighted by molar-refractivity contribution is 14.0. The van der Waals surface area contributed by atoms with Gasteiger partial charge in [0.2, 0.25) is 0 Å². The lowest BCUT2D eigenvalue weighted by molar-refractivity contribution is 0.322. The van der Waals surface area contributed by atoms with Gasteiger partial charge in [0.05, 0.1) is 17.2 Å². The van der Waals surface area contributed by atoms with Gasteiger partial charge < -0.3 is 15.4 Å². The Hall–Kier alpha value is -1.35. The smallest absolute Gasteiger partial charge is 0.191 e. The number of aromatic nitrogens is 1. The molecule has 0 atom stereocenters. The molecule has 144 valence electrons. The van der Waals surface area contributed by atoms with Crippen LogP contribution in [0.3, 0.4) is 0 Å². The third-order valence-corrected chi connectivity index (χ3v) is 4.84. The fourth-order valence-corrected chi connectivity index (χ4v) is 3.07. The summed E-state index contributed by atoms with van der Waals surface area (Å²) in [5.74, 6) is 2.17. The Kier molecular flexibility index (Phi) is 10.6. The lowest BCUT2D eigenvalue weighted by Crippen LogP contribution is -2.40. The van der Waals surface area contributed by atoms with Gasteiger partial charge in [0.1, 0.15) is 12.4 Å². The third-order valence-electron chi connectivity index (χ3n) is 3.64. The van der Waals surface area contributed by atoms with E-state index in [1.807, 2.05) is 24.3 Å². The second-order valence-electron chi connectivity index (χ2n) is 6.17. The highest BCUT2D eigenvalue weighted by Crippen LogP contribution is 2.19. The Morgan fingerprint density at radius 3 is 2.50 bits per heavy atom. The van der Waals surface area contributed by atoms with Crippen molar-refractivity contribution in [1.82, 2.24) is 15.6 Å². The Morgan fingerprint density at radius 2 is 1.88 bits per heavy atom. The number of hydrogen-bond acceptors (Lipinski definition) is 4. The summed E-state index contributed by atoms with van der Waals surface area (Å²) in [5, 5.41) is 9.91. The van der Waals surface area contributed by atoms with E-state index in [4.69, 9.17) is 4.74 Å². The van der Waals surface area contributed by atoms with E-state index < -0.39 is 0 Å². The van der Waals surface area contributed by atoms with Crippen molar-refractivity contribution >= 4 is 41.3 Å². The molecule has 1 aromatic carbocycles. The molecule has 0 spiro atoms. The summed E-state index contributed by atoms with van der Waals surface area (Å²) in [7, 11) is 1.77. The maximum Gasteiger partial charge on any atom is 0.191 e. The molecule has 0 unspecified atom stereocenters. The van der Waals surface area contributed by atoms with Gasteiger partial charge >= 0.3 is 0 Å². The number of thiazole rings is 1. The van der Waals surface area contributed by atoms with E-state index in [2.05, 4.69) is 46.8 Å². The number of aryl methyl sites for hydroxylation is 1. The van der Waals surface area contributed by atoms with Crippen molar-refractivity contribution in [2.75, 3.05) is 26.7 Å². The number of aliphatic imine (C=N–C) groups is 1. The molecule has 1 aromatic heterocycles. The quantitative estimate of drug-likeness (QED) is 0.256. The van der Waals surface area contributed by atoms with Gasteiger partial charge in [-0.1, -0.05) is 31.5 Å². The van der Waals surface area contributed by atoms with Crippen LogP contribution < -0.4 is 15.4 Å². The van der Waals surface area contributed by atoms with Gasteiger partial charge in [-0.25, -0.2) is 4.98 Å². The maximum atomic E-state index is 5.70. The first-order chi connectivity index (χ1) is 12.1. The molecule has 0 radical (unpaired) electrons. The lowest BCUT2D eigenvalue weighted by Gasteiger charge is -2.12. The summed E-state index contributed by atoms with van der Waals surface area (Å²) in [6.45, 7) is 8.50. The molecule has 0 aliphatic heterocycles. The van der Waals surface area contributed by atoms with Crippen LogP contribution >= 0.6 is 35.3 Å². The molecule has 2 aromatic rings. The Labute approximate surface area is 177 Å². The molecule has 5 nitrogen and oxygen atoms in total. The second-order valence-corrected chi connectivity index (χ2v) is 7.06. The summed E-state index contributed by atoms with van der Waals surface area (Å²) in [6, 6.07) is 8.07. The van der Waals surface area contributed by atoms with Crippen molar-refractivity contribution in [1.29, 1.82) is 0 Å². The van der Waals surface area contributed by atoms with E-state index in [0.717, 1.165) is 30.4 Å². The number of rotatable bonds is 8. The van der Waals surface area contributed by atoms with Gasteiger partial charge in [-0.15, -0.1) is 35.3 Å². The number of ether oxygens (including phenoxy) is 1. The third kappa shape index (κ3) is 7.90. The van der Waals surface area contributed by atoms with E-state index in [0.29, 0.717) is 19.1 Å². The molecule has 0 bridgehead atoms. The largest absolute Gasteiger partial charge is 0.492 e. The van der Waals surface area contributed by atoms with Crippen LogP contribution in [0.5, 0.6) is 5.75 Å². The molecule has 1 heterocycles. The highest BCUT2D eigenvalue weighted by Gasteiger charge is 2.06. The van der Waals surface area contributed by atoms with Gasteiger partial charge in [-0.3, -0.25) is 4.99 Å². The minimum atomic E-state index is 0. The van der Waals surface area contributed by atoms with E-state index in [1.165, 1.54) is 10.6 Å². The number of halogens is 1. The van der Waals surface area contributed by atoms with Crippen molar-refractivity contribution in [2.45, 2.75) is 33.1 Å². The number of hydrogen-bond donors (Lipinski definition) is 2. The molecule has 0 saturated heterocycles. The van der Waals surface area contributed by atoms with Crippen molar-refractivity contribution < 1.29 is 4.74 Å². The first kappa shape index (κ1) is 22.7. The van der Waals surface area contributed by atoms with E-state index in [1.54, 1.807) is 18.4 Å². The van der Waals surface area contributed by atoms with Crippen molar-refractivity contribution in [3.63, 3.8) is 0 Å². The van der Waals surface area contributed by atoms with Crippen molar-refractivity contribution in [3.8, 4) is 5.75 Å². The van der Waals surface area contributed by atoms with Crippen LogP contribution in [-0.2, 0) is 6.42 Å². The lowest BCUT2D eigenvalue weighted by atomic mass is 10.2. The molecule has 0 aliphatic rings. The molecule has 7 heteroatoms. The van der Waals surface area contributed by atoms with Gasteiger partial charge in [0, 0.05) is 31.3 Å². The first-order valence-corrected chi connectivity index (χ1v) is 9.54. The summed E-state index contributed by atoms with van der Waals surface area (Å²) < 4.78 is 5.70. The monoisotopic (exact) mass is 488 g/mol. The summed E-state index contributed by atoms with van der Waals surface area (Å²) in [4.78, 5) is 8.88. The van der Waals surface area contributed by atoms with Crippen LogP contribution in [0.25, 0.3) is 0 Å². The number of guanidine groups is 1. The van der Waals surface area contributed by atoms with Crippen LogP contribution in [0, 0.1) is 6.92 Å². The summed E-state index contributed by atoms with van der Waals surface area (Å²) >= 11 is 1.74. The summed E-state index contributed by atoms with van der Waals surface area (Å²) in [5.41, 5.74) is 2.37. The normalized spacial score (nSPS) is 11.2. The fourth-order valence-electron chi connectivity index (χ4n) is 2.21. The fraction of sp³-hybridized carbons (Fsp3) is 0.474. The van der Waals surface area contributed by atoms with Crippen LogP contribution in [-0.4, -0.2) is 37.7 Å². The minimum Gasteiger partial charge on any atom is -0.492 e. The molecular formula is C19H29IN4OS. The van der Waals surface area contributed by atoms with E-state index >= 15 is 0 Å². The number of nitrogens with one attached hydrogen (secondary N) is 2. The van der Waals surface area contributed by atoms with Crippen LogP contribution in [0.4, 0.5) is 0 Å². The molecule has 0 fully saturated rings. The predicted octanol–water partition coefficient (Wildman–Crippen LogP) is 3.98. The molecule has 2 N–H and O–H groups in total. The topological polar surface area (TPSA) is 58.5 Å². The molecule has 0 saturated carbocycles. The average Bonchev–Trinajstić information content (AvgIpc) is 3.08. The maximum absolute atomic E-state index is 5.70. The average molecular weight is 488 g/mol. The van der Waals surface area contributed by atoms with E-state index in [-0.39, 0.29) is 24.0 Å². The zero-order chi connectivity index (χ0) is 18.1.